The van der Waals surface area contributed by atoms with Gasteiger partial charge in [0.15, 0.2) is 6.01 Å². The highest BCUT2D eigenvalue weighted by Gasteiger charge is 2.49. The van der Waals surface area contributed by atoms with Crippen LogP contribution in [0.15, 0.2) is 23.1 Å². The zero-order valence-electron chi connectivity index (χ0n) is 8.41. The van der Waals surface area contributed by atoms with Gasteiger partial charge in [-0.3, -0.25) is 4.79 Å². The van der Waals surface area contributed by atoms with Gasteiger partial charge in [-0.15, -0.1) is 0 Å². The van der Waals surface area contributed by atoms with Crippen molar-refractivity contribution in [2.45, 2.75) is 17.2 Å². The SMILES string of the molecule is O=C1c2c(cccc2S(=O)(=O)CF)CC1(F)F. The van der Waals surface area contributed by atoms with Gasteiger partial charge in [-0.25, -0.2) is 12.8 Å². The maximum Gasteiger partial charge on any atom is 0.313 e. The second-order valence-corrected chi connectivity index (χ2v) is 5.61. The Morgan fingerprint density at radius 1 is 1.29 bits per heavy atom. The summed E-state index contributed by atoms with van der Waals surface area (Å²) in [4.78, 5) is 10.7. The van der Waals surface area contributed by atoms with Crippen LogP contribution in [0.25, 0.3) is 0 Å². The lowest BCUT2D eigenvalue weighted by atomic mass is 10.1. The molecule has 0 radical (unpaired) electrons. The van der Waals surface area contributed by atoms with Crippen molar-refractivity contribution in [3.8, 4) is 0 Å². The highest BCUT2D eigenvalue weighted by molar-refractivity contribution is 7.91. The van der Waals surface area contributed by atoms with Crippen LogP contribution in [-0.2, 0) is 16.3 Å². The van der Waals surface area contributed by atoms with Gasteiger partial charge in [-0.1, -0.05) is 12.1 Å². The van der Waals surface area contributed by atoms with E-state index in [2.05, 4.69) is 0 Å². The molecule has 1 aromatic carbocycles. The van der Waals surface area contributed by atoms with Crippen LogP contribution in [0.3, 0.4) is 0 Å². The molecule has 0 aliphatic heterocycles. The van der Waals surface area contributed by atoms with E-state index in [4.69, 9.17) is 0 Å². The number of Topliss-reactive ketones (excluding diaryl/α,β-unsaturated/α-hetero) is 1. The Labute approximate surface area is 95.2 Å². The van der Waals surface area contributed by atoms with E-state index in [9.17, 15) is 26.4 Å². The molecule has 17 heavy (non-hydrogen) atoms. The van der Waals surface area contributed by atoms with Gasteiger partial charge in [-0.2, -0.15) is 8.78 Å². The second-order valence-electron chi connectivity index (χ2n) is 3.72. The fourth-order valence-electron chi connectivity index (χ4n) is 1.80. The minimum Gasteiger partial charge on any atom is -0.287 e. The standard InChI is InChI=1S/C10H7F3O3S/c11-5-17(15,16)7-3-1-2-6-4-10(12,13)9(14)8(6)7/h1-3H,4-5H2. The number of sulfone groups is 1. The Hall–Kier alpha value is -1.37. The number of alkyl halides is 3. The van der Waals surface area contributed by atoms with Crippen molar-refractivity contribution in [1.82, 2.24) is 0 Å². The van der Waals surface area contributed by atoms with E-state index in [1.54, 1.807) is 0 Å². The molecule has 0 amide bonds. The van der Waals surface area contributed by atoms with Crippen LogP contribution in [0.4, 0.5) is 13.2 Å². The number of benzene rings is 1. The molecule has 2 rings (SSSR count). The van der Waals surface area contributed by atoms with E-state index in [1.165, 1.54) is 12.1 Å². The summed E-state index contributed by atoms with van der Waals surface area (Å²) in [6.45, 7) is 0. The van der Waals surface area contributed by atoms with E-state index in [1.807, 2.05) is 0 Å². The van der Waals surface area contributed by atoms with Crippen molar-refractivity contribution >= 4 is 15.6 Å². The first-order valence-corrected chi connectivity index (χ1v) is 6.28. The van der Waals surface area contributed by atoms with E-state index < -0.39 is 44.4 Å². The monoisotopic (exact) mass is 264 g/mol. The quantitative estimate of drug-likeness (QED) is 0.817. The number of ketones is 1. The summed E-state index contributed by atoms with van der Waals surface area (Å²) < 4.78 is 61.4. The van der Waals surface area contributed by atoms with Gasteiger partial charge in [0.1, 0.15) is 0 Å². The van der Waals surface area contributed by atoms with E-state index in [0.29, 0.717) is 0 Å². The Kier molecular flexibility index (Phi) is 2.53. The molecular formula is C10H7F3O3S. The summed E-state index contributed by atoms with van der Waals surface area (Å²) in [5.74, 6) is -5.16. The Morgan fingerprint density at radius 2 is 1.94 bits per heavy atom. The van der Waals surface area contributed by atoms with E-state index >= 15 is 0 Å². The smallest absolute Gasteiger partial charge is 0.287 e. The topological polar surface area (TPSA) is 51.2 Å². The van der Waals surface area contributed by atoms with Gasteiger partial charge >= 0.3 is 5.92 Å². The molecule has 3 nitrogen and oxygen atoms in total. The molecule has 0 spiro atoms. The van der Waals surface area contributed by atoms with Gasteiger partial charge < -0.3 is 0 Å². The highest BCUT2D eigenvalue weighted by Crippen LogP contribution is 2.37. The van der Waals surface area contributed by atoms with Crippen molar-refractivity contribution in [3.63, 3.8) is 0 Å². The first-order valence-electron chi connectivity index (χ1n) is 4.63. The summed E-state index contributed by atoms with van der Waals surface area (Å²) in [6.07, 6.45) is -0.836. The predicted octanol–water partition coefficient (Wildman–Crippen LogP) is 1.76. The number of carbonyl (C=O) groups excluding carboxylic acids is 1. The van der Waals surface area contributed by atoms with E-state index in [-0.39, 0.29) is 5.56 Å². The molecule has 0 heterocycles. The number of halogens is 3. The third-order valence-electron chi connectivity index (χ3n) is 2.56. The van der Waals surface area contributed by atoms with Crippen molar-refractivity contribution in [1.29, 1.82) is 0 Å². The number of carbonyl (C=O) groups is 1. The van der Waals surface area contributed by atoms with Crippen molar-refractivity contribution in [2.75, 3.05) is 6.01 Å². The number of hydrogen-bond donors (Lipinski definition) is 0. The van der Waals surface area contributed by atoms with E-state index in [0.717, 1.165) is 6.07 Å². The fraction of sp³-hybridized carbons (Fsp3) is 0.300. The lowest BCUT2D eigenvalue weighted by Gasteiger charge is -2.06. The molecule has 0 saturated heterocycles. The Morgan fingerprint density at radius 3 is 2.53 bits per heavy atom. The van der Waals surface area contributed by atoms with Crippen molar-refractivity contribution in [2.24, 2.45) is 0 Å². The number of hydrogen-bond acceptors (Lipinski definition) is 3. The third kappa shape index (κ3) is 1.74. The van der Waals surface area contributed by atoms with Gasteiger partial charge in [0.2, 0.25) is 15.6 Å². The summed E-state index contributed by atoms with van der Waals surface area (Å²) in [6, 6.07) is 1.71. The Balaban J connectivity index is 2.71. The molecule has 0 aromatic heterocycles. The fourth-order valence-corrected chi connectivity index (χ4v) is 2.74. The molecule has 0 atom stereocenters. The number of rotatable bonds is 2. The minimum absolute atomic E-state index is 0.0606. The molecule has 0 saturated carbocycles. The van der Waals surface area contributed by atoms with Crippen LogP contribution in [0.2, 0.25) is 0 Å². The van der Waals surface area contributed by atoms with Gasteiger partial charge in [0, 0.05) is 12.0 Å². The zero-order valence-corrected chi connectivity index (χ0v) is 9.23. The van der Waals surface area contributed by atoms with Crippen LogP contribution in [-0.4, -0.2) is 26.1 Å². The Bertz CT molecular complexity index is 593. The van der Waals surface area contributed by atoms with Crippen LogP contribution >= 0.6 is 0 Å². The summed E-state index contributed by atoms with van der Waals surface area (Å²) in [5.41, 5.74) is -0.635. The van der Waals surface area contributed by atoms with Crippen LogP contribution in [0, 0.1) is 0 Å². The molecule has 0 N–H and O–H groups in total. The molecular weight excluding hydrogens is 257 g/mol. The zero-order chi connectivity index (χ0) is 12.8. The molecule has 7 heteroatoms. The average molecular weight is 264 g/mol. The molecule has 1 aliphatic rings. The molecule has 1 aromatic rings. The van der Waals surface area contributed by atoms with Gasteiger partial charge in [-0.05, 0) is 11.6 Å². The van der Waals surface area contributed by atoms with Crippen LogP contribution in [0.5, 0.6) is 0 Å². The van der Waals surface area contributed by atoms with Crippen molar-refractivity contribution in [3.05, 3.63) is 29.3 Å². The minimum atomic E-state index is -4.33. The summed E-state index contributed by atoms with van der Waals surface area (Å²) in [5, 5.41) is 0. The maximum atomic E-state index is 13.2. The largest absolute Gasteiger partial charge is 0.313 e. The molecule has 92 valence electrons. The van der Waals surface area contributed by atoms with Crippen LogP contribution < -0.4 is 0 Å². The average Bonchev–Trinajstić information content (AvgIpc) is 2.49. The molecule has 0 bridgehead atoms. The second kappa shape index (κ2) is 3.56. The number of fused-ring (bicyclic) bond motifs is 1. The first kappa shape index (κ1) is 12.1. The summed E-state index contributed by atoms with van der Waals surface area (Å²) >= 11 is 0. The highest BCUT2D eigenvalue weighted by atomic mass is 32.2. The summed E-state index contributed by atoms with van der Waals surface area (Å²) in [7, 11) is -4.33. The maximum absolute atomic E-state index is 13.2. The first-order chi connectivity index (χ1) is 7.79. The molecule has 0 unspecified atom stereocenters. The molecule has 1 aliphatic carbocycles. The predicted molar refractivity (Wildman–Crippen MR) is 52.6 cm³/mol. The molecule has 0 fully saturated rings. The van der Waals surface area contributed by atoms with Gasteiger partial charge in [0.25, 0.3) is 0 Å². The lowest BCUT2D eigenvalue weighted by Crippen LogP contribution is -2.24. The third-order valence-corrected chi connectivity index (χ3v) is 3.86. The van der Waals surface area contributed by atoms with Gasteiger partial charge in [0.05, 0.1) is 4.90 Å². The van der Waals surface area contributed by atoms with Crippen molar-refractivity contribution < 1.29 is 26.4 Å². The normalized spacial score (nSPS) is 18.2. The van der Waals surface area contributed by atoms with Crippen LogP contribution in [0.1, 0.15) is 15.9 Å². The lowest BCUT2D eigenvalue weighted by molar-refractivity contribution is 0.0166.